The second-order valence-corrected chi connectivity index (χ2v) is 8.48. The summed E-state index contributed by atoms with van der Waals surface area (Å²) in [5.41, 5.74) is 9.72. The minimum absolute atomic E-state index is 0.0153. The number of amides is 1. The lowest BCUT2D eigenvalue weighted by Crippen LogP contribution is -2.49. The summed E-state index contributed by atoms with van der Waals surface area (Å²) in [5, 5.41) is 6.94. The van der Waals surface area contributed by atoms with E-state index in [-0.39, 0.29) is 25.3 Å². The van der Waals surface area contributed by atoms with Crippen LogP contribution in [0, 0.1) is 20.8 Å². The molecule has 0 fully saturated rings. The van der Waals surface area contributed by atoms with Gasteiger partial charge in [-0.25, -0.2) is 4.79 Å². The zero-order valence-corrected chi connectivity index (χ0v) is 21.0. The molecule has 2 aromatic heterocycles. The molecule has 36 heavy (non-hydrogen) atoms. The van der Waals surface area contributed by atoms with Crippen molar-refractivity contribution in [1.29, 1.82) is 0 Å². The van der Waals surface area contributed by atoms with E-state index in [2.05, 4.69) is 15.9 Å². The first-order valence-corrected chi connectivity index (χ1v) is 11.3. The fourth-order valence-electron chi connectivity index (χ4n) is 3.62. The number of nitrogens with two attached hydrogens (primary N) is 1. The summed E-state index contributed by atoms with van der Waals surface area (Å²) in [4.78, 5) is 50.9. The number of carbonyl (C=O) groups excluding carboxylic acids is 2. The Morgan fingerprint density at radius 1 is 1.17 bits per heavy atom. The number of hydrogen-bond acceptors (Lipinski definition) is 9. The molecule has 0 spiro atoms. The Labute approximate surface area is 210 Å². The minimum Gasteiger partial charge on any atom is -0.431 e. The van der Waals surface area contributed by atoms with Crippen LogP contribution in [0.4, 0.5) is 0 Å². The molecule has 2 heterocycles. The van der Waals surface area contributed by atoms with Crippen LogP contribution in [-0.2, 0) is 34.0 Å². The van der Waals surface area contributed by atoms with Gasteiger partial charge >= 0.3 is 11.7 Å². The van der Waals surface area contributed by atoms with Gasteiger partial charge in [0.15, 0.2) is 0 Å². The average Bonchev–Trinajstić information content (AvgIpc) is 3.13. The van der Waals surface area contributed by atoms with E-state index in [1.165, 1.54) is 6.92 Å². The van der Waals surface area contributed by atoms with Gasteiger partial charge in [0.1, 0.15) is 5.76 Å². The first kappa shape index (κ1) is 26.7. The average molecular weight is 519 g/mol. The SMILES string of the molecule is CC(=O)OC(C(=O)NCc1cc(Cl)ccc1CN)n1c(C)cc(=O)n(NCc2c(C)noc2C)c1=O. The van der Waals surface area contributed by atoms with Gasteiger partial charge in [-0.3, -0.25) is 19.0 Å². The number of hydrogen-bond donors (Lipinski definition) is 3. The summed E-state index contributed by atoms with van der Waals surface area (Å²) in [6.45, 7) is 6.27. The van der Waals surface area contributed by atoms with Gasteiger partial charge in [-0.2, -0.15) is 4.68 Å². The van der Waals surface area contributed by atoms with E-state index in [0.29, 0.717) is 27.6 Å². The smallest absolute Gasteiger partial charge is 0.353 e. The monoisotopic (exact) mass is 518 g/mol. The number of ether oxygens (including phenoxy) is 1. The molecule has 0 radical (unpaired) electrons. The molecule has 0 saturated carbocycles. The van der Waals surface area contributed by atoms with Crippen LogP contribution in [0.15, 0.2) is 38.4 Å². The van der Waals surface area contributed by atoms with Crippen LogP contribution in [0.2, 0.25) is 5.02 Å². The normalized spacial score (nSPS) is 11.7. The molecule has 0 aliphatic carbocycles. The van der Waals surface area contributed by atoms with E-state index in [0.717, 1.165) is 27.8 Å². The van der Waals surface area contributed by atoms with Crippen molar-refractivity contribution < 1.29 is 18.8 Å². The molecule has 192 valence electrons. The van der Waals surface area contributed by atoms with Gasteiger partial charge in [-0.15, -0.1) is 0 Å². The first-order valence-electron chi connectivity index (χ1n) is 11.0. The number of rotatable bonds is 9. The van der Waals surface area contributed by atoms with E-state index >= 15 is 0 Å². The van der Waals surface area contributed by atoms with Gasteiger partial charge in [0.05, 0.1) is 12.2 Å². The number of nitrogens with zero attached hydrogens (tertiary/aromatic N) is 3. The number of esters is 1. The van der Waals surface area contributed by atoms with Crippen molar-refractivity contribution in [3.63, 3.8) is 0 Å². The van der Waals surface area contributed by atoms with Crippen molar-refractivity contribution in [2.45, 2.75) is 53.6 Å². The van der Waals surface area contributed by atoms with Crippen molar-refractivity contribution in [3.05, 3.63) is 84.0 Å². The zero-order valence-electron chi connectivity index (χ0n) is 20.3. The highest BCUT2D eigenvalue weighted by molar-refractivity contribution is 6.30. The topological polar surface area (TPSA) is 163 Å². The van der Waals surface area contributed by atoms with Gasteiger partial charge in [-0.1, -0.05) is 22.8 Å². The maximum Gasteiger partial charge on any atom is 0.353 e. The van der Waals surface area contributed by atoms with Crippen LogP contribution >= 0.6 is 11.6 Å². The zero-order chi connectivity index (χ0) is 26.6. The molecule has 3 rings (SSSR count). The van der Waals surface area contributed by atoms with Crippen LogP contribution in [0.5, 0.6) is 0 Å². The Morgan fingerprint density at radius 3 is 2.50 bits per heavy atom. The van der Waals surface area contributed by atoms with Crippen LogP contribution in [0.1, 0.15) is 47.0 Å². The predicted octanol–water partition coefficient (Wildman–Crippen LogP) is 1.16. The summed E-state index contributed by atoms with van der Waals surface area (Å²) in [6, 6.07) is 6.22. The van der Waals surface area contributed by atoms with Crippen molar-refractivity contribution >= 4 is 23.5 Å². The standard InChI is InChI=1S/C23H27ClN6O6/c1-12-7-20(32)30(27-11-19-13(2)28-36-14(19)3)23(34)29(12)22(35-15(4)31)21(33)26-10-17-8-18(24)6-5-16(17)9-25/h5-8,22,27H,9-11,25H2,1-4H3,(H,26,33). The molecule has 0 aliphatic rings. The fraction of sp³-hybridized carbons (Fsp3) is 0.348. The third-order valence-corrected chi connectivity index (χ3v) is 5.74. The summed E-state index contributed by atoms with van der Waals surface area (Å²) >= 11 is 6.06. The second kappa shape index (κ2) is 11.2. The number of benzene rings is 1. The molecule has 12 nitrogen and oxygen atoms in total. The van der Waals surface area contributed by atoms with E-state index in [9.17, 15) is 19.2 Å². The number of aryl methyl sites for hydroxylation is 3. The lowest BCUT2D eigenvalue weighted by Gasteiger charge is -2.22. The lowest BCUT2D eigenvalue weighted by molar-refractivity contribution is -0.160. The first-order chi connectivity index (χ1) is 17.0. The van der Waals surface area contributed by atoms with E-state index in [1.807, 2.05) is 0 Å². The van der Waals surface area contributed by atoms with Gasteiger partial charge in [0.2, 0.25) is 0 Å². The molecule has 3 aromatic rings. The van der Waals surface area contributed by atoms with Gasteiger partial charge in [0.25, 0.3) is 17.7 Å². The Bertz CT molecular complexity index is 1390. The summed E-state index contributed by atoms with van der Waals surface area (Å²) in [7, 11) is 0. The van der Waals surface area contributed by atoms with Gasteiger partial charge < -0.3 is 25.7 Å². The van der Waals surface area contributed by atoms with Crippen molar-refractivity contribution in [1.82, 2.24) is 19.7 Å². The number of carbonyl (C=O) groups is 2. The molecule has 1 unspecified atom stereocenters. The Kier molecular flexibility index (Phi) is 8.33. The van der Waals surface area contributed by atoms with Crippen LogP contribution in [0.25, 0.3) is 0 Å². The molecule has 0 bridgehead atoms. The van der Waals surface area contributed by atoms with Crippen LogP contribution < -0.4 is 27.7 Å². The Balaban J connectivity index is 1.94. The summed E-state index contributed by atoms with van der Waals surface area (Å²) in [5.74, 6) is -1.06. The molecular formula is C23H27ClN6O6. The van der Waals surface area contributed by atoms with Crippen LogP contribution in [0.3, 0.4) is 0 Å². The maximum absolute atomic E-state index is 13.3. The largest absolute Gasteiger partial charge is 0.431 e. The van der Waals surface area contributed by atoms with Gasteiger partial charge in [-0.05, 0) is 44.0 Å². The van der Waals surface area contributed by atoms with E-state index in [4.69, 9.17) is 26.6 Å². The molecule has 4 N–H and O–H groups in total. The lowest BCUT2D eigenvalue weighted by atomic mass is 10.1. The van der Waals surface area contributed by atoms with E-state index < -0.39 is 29.4 Å². The third kappa shape index (κ3) is 5.83. The molecule has 1 amide bonds. The second-order valence-electron chi connectivity index (χ2n) is 8.05. The molecule has 0 aliphatic heterocycles. The number of halogens is 1. The van der Waals surface area contributed by atoms with E-state index in [1.54, 1.807) is 32.0 Å². The predicted molar refractivity (Wildman–Crippen MR) is 131 cm³/mol. The third-order valence-electron chi connectivity index (χ3n) is 5.50. The van der Waals surface area contributed by atoms with Crippen molar-refractivity contribution in [2.75, 3.05) is 5.43 Å². The quantitative estimate of drug-likeness (QED) is 0.352. The summed E-state index contributed by atoms with van der Waals surface area (Å²) in [6.07, 6.45) is -1.68. The molecule has 0 saturated heterocycles. The van der Waals surface area contributed by atoms with Crippen molar-refractivity contribution in [3.8, 4) is 0 Å². The summed E-state index contributed by atoms with van der Waals surface area (Å²) < 4.78 is 12.0. The van der Waals surface area contributed by atoms with Crippen molar-refractivity contribution in [2.24, 2.45) is 5.73 Å². The molecule has 1 atom stereocenters. The highest BCUT2D eigenvalue weighted by Gasteiger charge is 2.28. The van der Waals surface area contributed by atoms with Crippen LogP contribution in [-0.4, -0.2) is 26.3 Å². The molecule has 1 aromatic carbocycles. The highest BCUT2D eigenvalue weighted by Crippen LogP contribution is 2.17. The Morgan fingerprint density at radius 2 is 1.89 bits per heavy atom. The minimum atomic E-state index is -1.68. The molecular weight excluding hydrogens is 492 g/mol. The van der Waals surface area contributed by atoms with Gasteiger partial charge in [0, 0.05) is 42.4 Å². The maximum atomic E-state index is 13.3. The number of aromatic nitrogens is 3. The fourth-order valence-corrected chi connectivity index (χ4v) is 3.81. The molecule has 13 heteroatoms. The highest BCUT2D eigenvalue weighted by atomic mass is 35.5. The Hall–Kier alpha value is -3.90. The number of nitrogens with one attached hydrogen (secondary N) is 2.